The molecule has 5 heteroatoms. The molecule has 0 spiro atoms. The molecule has 2 atom stereocenters. The van der Waals surface area contributed by atoms with E-state index in [9.17, 15) is 10.1 Å². The average molecular weight is 351 g/mol. The second-order valence-electron chi connectivity index (χ2n) is 7.51. The molecule has 3 aliphatic rings. The van der Waals surface area contributed by atoms with E-state index in [0.29, 0.717) is 13.0 Å². The molecule has 5 nitrogen and oxygen atoms in total. The maximum absolute atomic E-state index is 12.9. The first-order valence-electron chi connectivity index (χ1n) is 9.50. The van der Waals surface area contributed by atoms with Crippen LogP contribution in [0.1, 0.15) is 38.2 Å². The predicted molar refractivity (Wildman–Crippen MR) is 100 cm³/mol. The molecule has 0 N–H and O–H groups in total. The Morgan fingerprint density at radius 1 is 1.38 bits per heavy atom. The lowest BCUT2D eigenvalue weighted by Gasteiger charge is -2.52. The summed E-state index contributed by atoms with van der Waals surface area (Å²) in [5, 5.41) is 10.1. The van der Waals surface area contributed by atoms with Gasteiger partial charge in [0.1, 0.15) is 0 Å². The summed E-state index contributed by atoms with van der Waals surface area (Å²) >= 11 is 0. The molecule has 0 amide bonds. The van der Waals surface area contributed by atoms with Crippen LogP contribution in [0.4, 0.5) is 5.69 Å². The molecule has 0 aromatic heterocycles. The number of para-hydroxylation sites is 1. The number of hydrogen-bond acceptors (Lipinski definition) is 5. The third-order valence-electron chi connectivity index (χ3n) is 6.02. The summed E-state index contributed by atoms with van der Waals surface area (Å²) in [5.41, 5.74) is 3.77. The molecule has 0 bridgehead atoms. The SMILES string of the molecule is CCOC(=O)[C@]1(C#N)CC2=C(c3ccccc3N(C)C2)N2CCCC[C@H]21. The fraction of sp³-hybridized carbons (Fsp3) is 0.524. The Balaban J connectivity index is 1.88. The van der Waals surface area contributed by atoms with Crippen LogP contribution in [0.3, 0.4) is 0 Å². The fourth-order valence-corrected chi connectivity index (χ4v) is 4.93. The van der Waals surface area contributed by atoms with Crippen LogP contribution in [-0.2, 0) is 9.53 Å². The largest absolute Gasteiger partial charge is 0.465 e. The first-order valence-corrected chi connectivity index (χ1v) is 9.50. The van der Waals surface area contributed by atoms with E-state index in [1.807, 2.05) is 0 Å². The Labute approximate surface area is 154 Å². The van der Waals surface area contributed by atoms with Crippen LogP contribution in [0.2, 0.25) is 0 Å². The van der Waals surface area contributed by atoms with Gasteiger partial charge in [-0.3, -0.25) is 4.79 Å². The van der Waals surface area contributed by atoms with Gasteiger partial charge in [-0.2, -0.15) is 5.26 Å². The molecule has 1 aromatic rings. The van der Waals surface area contributed by atoms with Crippen molar-refractivity contribution in [2.24, 2.45) is 5.41 Å². The van der Waals surface area contributed by atoms with Gasteiger partial charge in [-0.1, -0.05) is 18.2 Å². The van der Waals surface area contributed by atoms with Crippen LogP contribution in [0.25, 0.3) is 5.70 Å². The Bertz CT molecular complexity index is 810. The number of hydrogen-bond donors (Lipinski definition) is 0. The van der Waals surface area contributed by atoms with Gasteiger partial charge in [0.25, 0.3) is 0 Å². The van der Waals surface area contributed by atoms with Crippen LogP contribution in [0.5, 0.6) is 0 Å². The van der Waals surface area contributed by atoms with Crippen molar-refractivity contribution >= 4 is 17.4 Å². The average Bonchev–Trinajstić information content (AvgIpc) is 2.67. The van der Waals surface area contributed by atoms with Crippen molar-refractivity contribution < 1.29 is 9.53 Å². The van der Waals surface area contributed by atoms with E-state index in [4.69, 9.17) is 4.74 Å². The van der Waals surface area contributed by atoms with Gasteiger partial charge in [0.15, 0.2) is 5.41 Å². The number of piperidine rings is 1. The predicted octanol–water partition coefficient (Wildman–Crippen LogP) is 3.18. The minimum atomic E-state index is -1.09. The van der Waals surface area contributed by atoms with Crippen molar-refractivity contribution in [2.45, 2.75) is 38.6 Å². The number of rotatable bonds is 2. The van der Waals surface area contributed by atoms with E-state index < -0.39 is 5.41 Å². The number of carbonyl (C=O) groups is 1. The van der Waals surface area contributed by atoms with E-state index in [0.717, 1.165) is 32.4 Å². The van der Waals surface area contributed by atoms with E-state index in [-0.39, 0.29) is 12.0 Å². The van der Waals surface area contributed by atoms with Crippen LogP contribution in [0.15, 0.2) is 29.8 Å². The standard InChI is InChI=1S/C21H25N3O2/c1-3-26-20(25)21(14-22)12-15-13-23(2)17-9-5-4-8-16(17)19(15)24-11-7-6-10-18(21)24/h4-5,8-9,18H,3,6-7,10-13H2,1-2H3/t18-,21-/m0/s1. The molecule has 0 unspecified atom stereocenters. The topological polar surface area (TPSA) is 56.6 Å². The monoisotopic (exact) mass is 351 g/mol. The van der Waals surface area contributed by atoms with E-state index in [1.54, 1.807) is 6.92 Å². The molecule has 3 aliphatic heterocycles. The summed E-state index contributed by atoms with van der Waals surface area (Å²) in [6.07, 6.45) is 3.47. The molecular weight excluding hydrogens is 326 g/mol. The molecule has 26 heavy (non-hydrogen) atoms. The Kier molecular flexibility index (Phi) is 4.14. The molecule has 4 rings (SSSR count). The number of anilines is 1. The van der Waals surface area contributed by atoms with Gasteiger partial charge in [-0.25, -0.2) is 0 Å². The van der Waals surface area contributed by atoms with Crippen molar-refractivity contribution in [3.05, 3.63) is 35.4 Å². The summed E-state index contributed by atoms with van der Waals surface area (Å²) in [6.45, 7) is 3.76. The van der Waals surface area contributed by atoms with Crippen molar-refractivity contribution in [3.63, 3.8) is 0 Å². The van der Waals surface area contributed by atoms with Crippen molar-refractivity contribution in [1.29, 1.82) is 5.26 Å². The smallest absolute Gasteiger partial charge is 0.328 e. The van der Waals surface area contributed by atoms with Gasteiger partial charge in [-0.15, -0.1) is 0 Å². The van der Waals surface area contributed by atoms with Crippen LogP contribution in [0, 0.1) is 16.7 Å². The Morgan fingerprint density at radius 2 is 2.19 bits per heavy atom. The minimum absolute atomic E-state index is 0.101. The van der Waals surface area contributed by atoms with Crippen molar-refractivity contribution in [2.75, 3.05) is 31.6 Å². The zero-order valence-corrected chi connectivity index (χ0v) is 15.5. The molecule has 0 radical (unpaired) electrons. The highest BCUT2D eigenvalue weighted by Gasteiger charge is 2.55. The zero-order valence-electron chi connectivity index (χ0n) is 15.5. The quantitative estimate of drug-likeness (QED) is 0.766. The van der Waals surface area contributed by atoms with Crippen LogP contribution >= 0.6 is 0 Å². The molecular formula is C21H25N3O2. The highest BCUT2D eigenvalue weighted by atomic mass is 16.5. The fourth-order valence-electron chi connectivity index (χ4n) is 4.93. The first-order chi connectivity index (χ1) is 12.6. The van der Waals surface area contributed by atoms with Gasteiger partial charge in [0.05, 0.1) is 18.7 Å². The van der Waals surface area contributed by atoms with E-state index >= 15 is 0 Å². The molecule has 136 valence electrons. The summed E-state index contributed by atoms with van der Waals surface area (Å²) in [4.78, 5) is 17.5. The summed E-state index contributed by atoms with van der Waals surface area (Å²) < 4.78 is 5.38. The summed E-state index contributed by atoms with van der Waals surface area (Å²) in [7, 11) is 2.07. The zero-order chi connectivity index (χ0) is 18.3. The third-order valence-corrected chi connectivity index (χ3v) is 6.02. The van der Waals surface area contributed by atoms with Gasteiger partial charge < -0.3 is 14.5 Å². The Hall–Kier alpha value is -2.48. The first kappa shape index (κ1) is 17.0. The number of fused-ring (bicyclic) bond motifs is 4. The van der Waals surface area contributed by atoms with Crippen molar-refractivity contribution in [1.82, 2.24) is 4.90 Å². The normalized spacial score (nSPS) is 27.2. The number of ether oxygens (including phenoxy) is 1. The van der Waals surface area contributed by atoms with E-state index in [1.165, 1.54) is 22.5 Å². The minimum Gasteiger partial charge on any atom is -0.465 e. The maximum atomic E-state index is 12.9. The molecule has 1 aromatic carbocycles. The second-order valence-corrected chi connectivity index (χ2v) is 7.51. The molecule has 3 heterocycles. The number of nitrogens with zero attached hydrogens (tertiary/aromatic N) is 3. The summed E-state index contributed by atoms with van der Waals surface area (Å²) in [6, 6.07) is 10.7. The lowest BCUT2D eigenvalue weighted by atomic mass is 9.68. The van der Waals surface area contributed by atoms with Gasteiger partial charge in [0.2, 0.25) is 0 Å². The van der Waals surface area contributed by atoms with Gasteiger partial charge in [0, 0.05) is 43.5 Å². The van der Waals surface area contributed by atoms with Crippen LogP contribution < -0.4 is 4.90 Å². The lowest BCUT2D eigenvalue weighted by molar-refractivity contribution is -0.156. The number of nitriles is 1. The second kappa shape index (κ2) is 6.35. The summed E-state index contributed by atoms with van der Waals surface area (Å²) in [5.74, 6) is -0.354. The highest BCUT2D eigenvalue weighted by molar-refractivity contribution is 5.88. The maximum Gasteiger partial charge on any atom is 0.328 e. The van der Waals surface area contributed by atoms with Crippen molar-refractivity contribution in [3.8, 4) is 6.07 Å². The van der Waals surface area contributed by atoms with E-state index in [2.05, 4.69) is 47.2 Å². The lowest BCUT2D eigenvalue weighted by Crippen LogP contribution is -2.57. The molecule has 0 saturated carbocycles. The van der Waals surface area contributed by atoms with Gasteiger partial charge >= 0.3 is 5.97 Å². The number of benzene rings is 1. The molecule has 0 aliphatic carbocycles. The number of carbonyl (C=O) groups excluding carboxylic acids is 1. The third kappa shape index (κ3) is 2.32. The highest BCUT2D eigenvalue weighted by Crippen LogP contribution is 2.51. The number of esters is 1. The van der Waals surface area contributed by atoms with Gasteiger partial charge in [-0.05, 0) is 37.8 Å². The Morgan fingerprint density at radius 3 is 2.96 bits per heavy atom. The molecule has 1 fully saturated rings. The van der Waals surface area contributed by atoms with Crippen LogP contribution in [-0.4, -0.2) is 43.7 Å². The molecule has 1 saturated heterocycles. The number of likely N-dealkylation sites (N-methyl/N-ethyl adjacent to an activating group) is 1.